The van der Waals surface area contributed by atoms with Crippen molar-refractivity contribution in [3.8, 4) is 33.4 Å². The smallest absolute Gasteiger partial charge is 0.0546 e. The SMILES string of the molecule is c1ccc(-c2c(-c3ccccc3)c3cc(-c4ccc(N(c5ccc6c(c5)sc5ccccc56)c5cc6ccccc6c6ccccc56)cc4)ccc3c3ccccc23)cc1. The second-order valence-electron chi connectivity index (χ2n) is 15.6. The number of anilines is 3. The van der Waals surface area contributed by atoms with Crippen LogP contribution in [0.5, 0.6) is 0 Å². The maximum absolute atomic E-state index is 2.45. The fourth-order valence-electron chi connectivity index (χ4n) is 9.48. The van der Waals surface area contributed by atoms with Crippen molar-refractivity contribution >= 4 is 91.7 Å². The van der Waals surface area contributed by atoms with E-state index in [0.717, 1.165) is 17.1 Å². The third-order valence-corrected chi connectivity index (χ3v) is 13.4. The van der Waals surface area contributed by atoms with Gasteiger partial charge in [-0.25, -0.2) is 0 Å². The molecule has 2 heteroatoms. The number of rotatable bonds is 6. The summed E-state index contributed by atoms with van der Waals surface area (Å²) in [4.78, 5) is 2.45. The molecule has 0 unspecified atom stereocenters. The zero-order valence-corrected chi connectivity index (χ0v) is 33.5. The van der Waals surface area contributed by atoms with Crippen LogP contribution in [0.4, 0.5) is 17.1 Å². The molecule has 0 aliphatic rings. The van der Waals surface area contributed by atoms with Gasteiger partial charge in [0.1, 0.15) is 0 Å². The molecule has 0 saturated heterocycles. The van der Waals surface area contributed by atoms with Crippen LogP contribution < -0.4 is 4.90 Å². The predicted molar refractivity (Wildman–Crippen MR) is 260 cm³/mol. The number of benzene rings is 11. The van der Waals surface area contributed by atoms with Crippen LogP contribution in [-0.2, 0) is 0 Å². The molecular formula is C58H37NS. The van der Waals surface area contributed by atoms with Gasteiger partial charge < -0.3 is 4.90 Å². The summed E-state index contributed by atoms with van der Waals surface area (Å²) in [5.74, 6) is 0. The van der Waals surface area contributed by atoms with Crippen LogP contribution in [0.3, 0.4) is 0 Å². The lowest BCUT2D eigenvalue weighted by Gasteiger charge is -2.28. The molecule has 12 rings (SSSR count). The molecule has 1 heterocycles. The normalized spacial score (nSPS) is 11.7. The summed E-state index contributed by atoms with van der Waals surface area (Å²) in [5.41, 5.74) is 10.8. The number of hydrogen-bond acceptors (Lipinski definition) is 2. The third-order valence-electron chi connectivity index (χ3n) is 12.2. The topological polar surface area (TPSA) is 3.24 Å². The van der Waals surface area contributed by atoms with Crippen molar-refractivity contribution in [3.63, 3.8) is 0 Å². The first kappa shape index (κ1) is 34.5. The van der Waals surface area contributed by atoms with E-state index in [1.54, 1.807) is 0 Å². The largest absolute Gasteiger partial charge is 0.310 e. The Labute approximate surface area is 352 Å². The maximum Gasteiger partial charge on any atom is 0.0546 e. The summed E-state index contributed by atoms with van der Waals surface area (Å²) in [5, 5.41) is 12.6. The molecule has 0 atom stereocenters. The standard InChI is InChI=1S/C58H37NS/c1-3-15-39(16-4-1)57-52-25-12-10-22-47(52)48-33-29-41(35-53(48)58(57)40-17-5-2-6-18-40)38-27-30-43(31-28-38)59(44-32-34-51-50-24-13-14-26-55(50)60-56(51)37-44)54-36-42-19-7-8-20-45(42)46-21-9-11-23-49(46)54/h1-37H. The molecule has 11 aromatic carbocycles. The average molecular weight is 780 g/mol. The molecule has 0 saturated carbocycles. The van der Waals surface area contributed by atoms with Gasteiger partial charge in [-0.05, 0) is 114 Å². The van der Waals surface area contributed by atoms with Crippen molar-refractivity contribution < 1.29 is 0 Å². The van der Waals surface area contributed by atoms with Gasteiger partial charge in [0.05, 0.1) is 5.69 Å². The molecule has 0 aliphatic carbocycles. The Morgan fingerprint density at radius 2 is 0.767 bits per heavy atom. The van der Waals surface area contributed by atoms with Gasteiger partial charge in [-0.1, -0.05) is 182 Å². The quantitative estimate of drug-likeness (QED) is 0.152. The Morgan fingerprint density at radius 3 is 1.50 bits per heavy atom. The Bertz CT molecular complexity index is 3590. The highest BCUT2D eigenvalue weighted by atomic mass is 32.1. The monoisotopic (exact) mass is 779 g/mol. The van der Waals surface area contributed by atoms with Crippen LogP contribution in [0, 0.1) is 0 Å². The van der Waals surface area contributed by atoms with E-state index in [4.69, 9.17) is 0 Å². The first-order valence-corrected chi connectivity index (χ1v) is 21.4. The zero-order valence-electron chi connectivity index (χ0n) is 32.7. The minimum absolute atomic E-state index is 1.11. The minimum Gasteiger partial charge on any atom is -0.310 e. The van der Waals surface area contributed by atoms with E-state index in [1.165, 1.54) is 96.6 Å². The van der Waals surface area contributed by atoms with Crippen LogP contribution in [-0.4, -0.2) is 0 Å². The van der Waals surface area contributed by atoms with Crippen molar-refractivity contribution in [2.24, 2.45) is 0 Å². The van der Waals surface area contributed by atoms with Crippen LogP contribution in [0.25, 0.3) is 96.6 Å². The predicted octanol–water partition coefficient (Wildman–Crippen LogP) is 17.1. The molecule has 60 heavy (non-hydrogen) atoms. The second kappa shape index (κ2) is 14.1. The molecule has 0 aliphatic heterocycles. The van der Waals surface area contributed by atoms with Gasteiger partial charge in [0.25, 0.3) is 0 Å². The van der Waals surface area contributed by atoms with E-state index in [1.807, 2.05) is 11.3 Å². The van der Waals surface area contributed by atoms with Gasteiger partial charge in [-0.3, -0.25) is 0 Å². The highest BCUT2D eigenvalue weighted by molar-refractivity contribution is 7.25. The van der Waals surface area contributed by atoms with Gasteiger partial charge in [-0.15, -0.1) is 11.3 Å². The molecule has 0 spiro atoms. The van der Waals surface area contributed by atoms with Gasteiger partial charge in [0.2, 0.25) is 0 Å². The van der Waals surface area contributed by atoms with Gasteiger partial charge in [0.15, 0.2) is 0 Å². The molecule has 0 bridgehead atoms. The van der Waals surface area contributed by atoms with Crippen molar-refractivity contribution in [1.29, 1.82) is 0 Å². The number of fused-ring (bicyclic) bond motifs is 9. The highest BCUT2D eigenvalue weighted by Crippen LogP contribution is 2.47. The lowest BCUT2D eigenvalue weighted by molar-refractivity contribution is 1.31. The first-order valence-electron chi connectivity index (χ1n) is 20.6. The highest BCUT2D eigenvalue weighted by Gasteiger charge is 2.21. The summed E-state index contributed by atoms with van der Waals surface area (Å²) in [7, 11) is 0. The average Bonchev–Trinajstić information content (AvgIpc) is 3.70. The molecule has 280 valence electrons. The summed E-state index contributed by atoms with van der Waals surface area (Å²) >= 11 is 1.86. The van der Waals surface area contributed by atoms with Crippen molar-refractivity contribution in [3.05, 3.63) is 224 Å². The number of thiophene rings is 1. The van der Waals surface area contributed by atoms with E-state index in [9.17, 15) is 0 Å². The van der Waals surface area contributed by atoms with E-state index >= 15 is 0 Å². The molecule has 0 N–H and O–H groups in total. The number of nitrogens with zero attached hydrogens (tertiary/aromatic N) is 1. The molecule has 0 fully saturated rings. The van der Waals surface area contributed by atoms with Crippen LogP contribution in [0.2, 0.25) is 0 Å². The Morgan fingerprint density at radius 1 is 0.267 bits per heavy atom. The summed E-state index contributed by atoms with van der Waals surface area (Å²) < 4.78 is 2.60. The fraction of sp³-hybridized carbons (Fsp3) is 0. The van der Waals surface area contributed by atoms with E-state index in [0.29, 0.717) is 0 Å². The second-order valence-corrected chi connectivity index (χ2v) is 16.7. The summed E-state index contributed by atoms with van der Waals surface area (Å²) in [6.45, 7) is 0. The van der Waals surface area contributed by atoms with E-state index < -0.39 is 0 Å². The van der Waals surface area contributed by atoms with Gasteiger partial charge >= 0.3 is 0 Å². The molecule has 0 amide bonds. The summed E-state index contributed by atoms with van der Waals surface area (Å²) in [6.07, 6.45) is 0. The summed E-state index contributed by atoms with van der Waals surface area (Å²) in [6, 6.07) is 82.5. The third kappa shape index (κ3) is 5.61. The Balaban J connectivity index is 1.06. The molecular weight excluding hydrogens is 743 g/mol. The molecule has 1 aromatic heterocycles. The molecule has 1 nitrogen and oxygen atoms in total. The zero-order chi connectivity index (χ0) is 39.6. The Kier molecular flexibility index (Phi) is 8.11. The van der Waals surface area contributed by atoms with Crippen molar-refractivity contribution in [2.45, 2.75) is 0 Å². The van der Waals surface area contributed by atoms with E-state index in [-0.39, 0.29) is 0 Å². The molecule has 12 aromatic rings. The van der Waals surface area contributed by atoms with E-state index in [2.05, 4.69) is 229 Å². The molecule has 0 radical (unpaired) electrons. The van der Waals surface area contributed by atoms with Crippen molar-refractivity contribution in [2.75, 3.05) is 4.90 Å². The number of hydrogen-bond donors (Lipinski definition) is 0. The van der Waals surface area contributed by atoms with Crippen LogP contribution >= 0.6 is 11.3 Å². The van der Waals surface area contributed by atoms with Gasteiger partial charge in [-0.2, -0.15) is 0 Å². The van der Waals surface area contributed by atoms with Crippen LogP contribution in [0.1, 0.15) is 0 Å². The minimum atomic E-state index is 1.11. The van der Waals surface area contributed by atoms with Crippen LogP contribution in [0.15, 0.2) is 224 Å². The maximum atomic E-state index is 2.45. The van der Waals surface area contributed by atoms with Crippen molar-refractivity contribution in [1.82, 2.24) is 0 Å². The lowest BCUT2D eigenvalue weighted by Crippen LogP contribution is -2.10. The Hall–Kier alpha value is -7.52. The fourth-order valence-corrected chi connectivity index (χ4v) is 10.6. The first-order chi connectivity index (χ1) is 29.8. The van der Waals surface area contributed by atoms with Gasteiger partial charge in [0, 0.05) is 36.9 Å². The lowest BCUT2D eigenvalue weighted by atomic mass is 9.84.